The monoisotopic (exact) mass is 442 g/mol. The quantitative estimate of drug-likeness (QED) is 0.414. The lowest BCUT2D eigenvalue weighted by Gasteiger charge is -2.10. The normalized spacial score (nSPS) is 10.7. The van der Waals surface area contributed by atoms with Crippen molar-refractivity contribution in [3.05, 3.63) is 82.1 Å². The molecular weight excluding hydrogens is 427 g/mol. The second kappa shape index (κ2) is 8.53. The van der Waals surface area contributed by atoms with Crippen molar-refractivity contribution in [2.75, 3.05) is 14.2 Å². The first-order valence-corrected chi connectivity index (χ1v) is 9.42. The second-order valence-corrected chi connectivity index (χ2v) is 6.77. The van der Waals surface area contributed by atoms with Crippen LogP contribution >= 0.6 is 11.6 Å². The maximum absolute atomic E-state index is 14.6. The highest BCUT2D eigenvalue weighted by Gasteiger charge is 2.17. The molecule has 158 valence electrons. The Balaban J connectivity index is 1.70. The number of nitrogens with zero attached hydrogens (tertiary/aromatic N) is 2. The van der Waals surface area contributed by atoms with Crippen LogP contribution in [-0.2, 0) is 0 Å². The molecule has 0 aliphatic heterocycles. The molecule has 7 nitrogen and oxygen atoms in total. The molecule has 4 aromatic rings. The van der Waals surface area contributed by atoms with E-state index in [-0.39, 0.29) is 11.8 Å². The zero-order valence-corrected chi connectivity index (χ0v) is 17.2. The molecule has 0 atom stereocenters. The van der Waals surface area contributed by atoms with Gasteiger partial charge in [-0.05, 0) is 59.7 Å². The van der Waals surface area contributed by atoms with Crippen LogP contribution in [0.3, 0.4) is 0 Å². The topological polar surface area (TPSA) is 75.7 Å². The Morgan fingerprint density at radius 2 is 1.61 bits per heavy atom. The fourth-order valence-corrected chi connectivity index (χ4v) is 3.05. The number of aromatic nitrogens is 2. The van der Waals surface area contributed by atoms with E-state index in [0.29, 0.717) is 27.8 Å². The molecule has 1 heterocycles. The van der Waals surface area contributed by atoms with Crippen LogP contribution in [0, 0.1) is 5.82 Å². The van der Waals surface area contributed by atoms with Gasteiger partial charge in [0.2, 0.25) is 0 Å². The molecule has 0 radical (unpaired) electrons. The molecule has 0 fully saturated rings. The number of rotatable bonds is 6. The van der Waals surface area contributed by atoms with Gasteiger partial charge in [-0.3, -0.25) is 0 Å². The molecule has 3 aromatic carbocycles. The van der Waals surface area contributed by atoms with E-state index in [1.807, 2.05) is 0 Å². The third-order valence-corrected chi connectivity index (χ3v) is 4.69. The van der Waals surface area contributed by atoms with Crippen LogP contribution in [0.15, 0.2) is 69.9 Å². The summed E-state index contributed by atoms with van der Waals surface area (Å²) in [5, 5.41) is 4.47. The van der Waals surface area contributed by atoms with E-state index >= 15 is 0 Å². The molecule has 0 aliphatic carbocycles. The van der Waals surface area contributed by atoms with Crippen LogP contribution in [0.2, 0.25) is 5.02 Å². The van der Waals surface area contributed by atoms with Crippen LogP contribution < -0.4 is 20.0 Å². The molecule has 0 N–H and O–H groups in total. The molecule has 31 heavy (non-hydrogen) atoms. The SMILES string of the molecule is COc1ccc(-c2ccc(F)c(-n3nc(Oc4ccc(Cl)cc4)oc3=O)c2)cc1OC. The Hall–Kier alpha value is -3.78. The average Bonchev–Trinajstić information content (AvgIpc) is 3.14. The van der Waals surface area contributed by atoms with E-state index in [9.17, 15) is 9.18 Å². The van der Waals surface area contributed by atoms with Gasteiger partial charge in [-0.1, -0.05) is 28.8 Å². The lowest BCUT2D eigenvalue weighted by atomic mass is 10.0. The maximum Gasteiger partial charge on any atom is 0.444 e. The second-order valence-electron chi connectivity index (χ2n) is 6.34. The van der Waals surface area contributed by atoms with Crippen molar-refractivity contribution in [2.45, 2.75) is 0 Å². The molecule has 0 saturated carbocycles. The predicted octanol–water partition coefficient (Wildman–Crippen LogP) is 5.09. The molecule has 0 amide bonds. The summed E-state index contributed by atoms with van der Waals surface area (Å²) in [7, 11) is 3.06. The van der Waals surface area contributed by atoms with E-state index in [1.54, 1.807) is 48.5 Å². The Morgan fingerprint density at radius 1 is 0.935 bits per heavy atom. The molecule has 0 unspecified atom stereocenters. The van der Waals surface area contributed by atoms with Crippen LogP contribution in [0.4, 0.5) is 4.39 Å². The Kier molecular flexibility index (Phi) is 5.64. The Labute approximate surface area is 181 Å². The number of methoxy groups -OCH3 is 2. The van der Waals surface area contributed by atoms with E-state index in [2.05, 4.69) is 5.10 Å². The first-order chi connectivity index (χ1) is 15.0. The highest BCUT2D eigenvalue weighted by atomic mass is 35.5. The van der Waals surface area contributed by atoms with Gasteiger partial charge in [0, 0.05) is 5.02 Å². The summed E-state index contributed by atoms with van der Waals surface area (Å²) in [6, 6.07) is 16.0. The minimum atomic E-state index is -0.896. The maximum atomic E-state index is 14.6. The van der Waals surface area contributed by atoms with E-state index in [4.69, 9.17) is 30.2 Å². The first-order valence-electron chi connectivity index (χ1n) is 9.04. The van der Waals surface area contributed by atoms with Crippen molar-refractivity contribution >= 4 is 11.6 Å². The predicted molar refractivity (Wildman–Crippen MR) is 112 cm³/mol. The van der Waals surface area contributed by atoms with Crippen molar-refractivity contribution in [2.24, 2.45) is 0 Å². The smallest absolute Gasteiger partial charge is 0.444 e. The van der Waals surface area contributed by atoms with Crippen molar-refractivity contribution in [1.29, 1.82) is 0 Å². The fraction of sp³-hybridized carbons (Fsp3) is 0.0909. The number of ether oxygens (including phenoxy) is 3. The zero-order valence-electron chi connectivity index (χ0n) is 16.5. The lowest BCUT2D eigenvalue weighted by molar-refractivity contribution is 0.320. The van der Waals surface area contributed by atoms with Gasteiger partial charge >= 0.3 is 11.8 Å². The van der Waals surface area contributed by atoms with E-state index < -0.39 is 11.6 Å². The molecule has 0 spiro atoms. The van der Waals surface area contributed by atoms with Gasteiger partial charge in [0.1, 0.15) is 17.3 Å². The third-order valence-electron chi connectivity index (χ3n) is 4.44. The highest BCUT2D eigenvalue weighted by Crippen LogP contribution is 2.33. The minimum absolute atomic E-state index is 0.0907. The molecule has 0 bridgehead atoms. The number of benzene rings is 3. The third kappa shape index (κ3) is 4.24. The summed E-state index contributed by atoms with van der Waals surface area (Å²) in [6.45, 7) is 0. The van der Waals surface area contributed by atoms with Crippen LogP contribution in [0.1, 0.15) is 0 Å². The van der Waals surface area contributed by atoms with Crippen molar-refractivity contribution in [3.8, 4) is 40.1 Å². The van der Waals surface area contributed by atoms with E-state index in [1.165, 1.54) is 26.4 Å². The van der Waals surface area contributed by atoms with E-state index in [0.717, 1.165) is 10.2 Å². The molecule has 0 aliphatic rings. The van der Waals surface area contributed by atoms with Crippen LogP contribution in [0.25, 0.3) is 16.8 Å². The summed E-state index contributed by atoms with van der Waals surface area (Å²) >= 11 is 5.84. The summed E-state index contributed by atoms with van der Waals surface area (Å²) in [5.74, 6) is -0.115. The molecule has 0 saturated heterocycles. The van der Waals surface area contributed by atoms with Gasteiger partial charge < -0.3 is 18.6 Å². The highest BCUT2D eigenvalue weighted by molar-refractivity contribution is 6.30. The molecule has 4 rings (SSSR count). The van der Waals surface area contributed by atoms with Gasteiger partial charge in [0.05, 0.1) is 14.2 Å². The van der Waals surface area contributed by atoms with Crippen LogP contribution in [-0.4, -0.2) is 24.0 Å². The summed E-state index contributed by atoms with van der Waals surface area (Å²) in [6.07, 6.45) is -0.330. The number of hydrogen-bond acceptors (Lipinski definition) is 6. The largest absolute Gasteiger partial charge is 0.493 e. The van der Waals surface area contributed by atoms with Gasteiger partial charge in [-0.25, -0.2) is 9.18 Å². The summed E-state index contributed by atoms with van der Waals surface area (Å²) in [4.78, 5) is 12.3. The van der Waals surface area contributed by atoms with Crippen molar-refractivity contribution in [1.82, 2.24) is 9.78 Å². The summed E-state index contributed by atoms with van der Waals surface area (Å²) in [5.41, 5.74) is 1.27. The fourth-order valence-electron chi connectivity index (χ4n) is 2.93. The van der Waals surface area contributed by atoms with Crippen molar-refractivity contribution in [3.63, 3.8) is 0 Å². The number of halogens is 2. The van der Waals surface area contributed by atoms with Gasteiger partial charge in [0.25, 0.3) is 0 Å². The average molecular weight is 443 g/mol. The Bertz CT molecular complexity index is 1280. The van der Waals surface area contributed by atoms with Gasteiger partial charge in [0.15, 0.2) is 11.5 Å². The summed E-state index contributed by atoms with van der Waals surface area (Å²) < 4.78 is 36.3. The van der Waals surface area contributed by atoms with Crippen molar-refractivity contribution < 1.29 is 23.0 Å². The Morgan fingerprint density at radius 3 is 2.32 bits per heavy atom. The molecule has 1 aromatic heterocycles. The number of hydrogen-bond donors (Lipinski definition) is 0. The minimum Gasteiger partial charge on any atom is -0.493 e. The van der Waals surface area contributed by atoms with Crippen LogP contribution in [0.5, 0.6) is 23.3 Å². The molecular formula is C22H16ClFN2O5. The zero-order chi connectivity index (χ0) is 22.0. The van der Waals surface area contributed by atoms with Gasteiger partial charge in [-0.15, -0.1) is 0 Å². The standard InChI is InChI=1S/C22H16ClFN2O5/c1-28-19-10-4-14(12-20(19)29-2)13-3-9-17(24)18(11-13)26-22(27)31-21(25-26)30-16-7-5-15(23)6-8-16/h3-12H,1-2H3. The first kappa shape index (κ1) is 20.5. The molecule has 9 heteroatoms. The lowest BCUT2D eigenvalue weighted by Crippen LogP contribution is -2.15. The van der Waals surface area contributed by atoms with Gasteiger partial charge in [-0.2, -0.15) is 4.68 Å².